The molecule has 0 unspecified atom stereocenters. The maximum absolute atomic E-state index is 5.43. The quantitative estimate of drug-likeness (QED) is 0.902. The van der Waals surface area contributed by atoms with Gasteiger partial charge < -0.3 is 19.5 Å². The van der Waals surface area contributed by atoms with Crippen LogP contribution in [0, 0.1) is 0 Å². The van der Waals surface area contributed by atoms with E-state index in [0.29, 0.717) is 28.8 Å². The van der Waals surface area contributed by atoms with Gasteiger partial charge in [0.05, 0.1) is 27.0 Å². The van der Waals surface area contributed by atoms with E-state index in [-0.39, 0.29) is 0 Å². The van der Waals surface area contributed by atoms with Crippen molar-refractivity contribution in [2.75, 3.05) is 33.7 Å². The first-order valence-electron chi connectivity index (χ1n) is 6.06. The minimum Gasteiger partial charge on any atom is -0.493 e. The topological polar surface area (TPSA) is 65.5 Å². The SMILES string of the molecule is CNc1ccc(-c2ccc(OC)c(OC)c2OC)nn1. The Labute approximate surface area is 117 Å². The van der Waals surface area contributed by atoms with Gasteiger partial charge in [0.25, 0.3) is 0 Å². The highest BCUT2D eigenvalue weighted by atomic mass is 16.5. The van der Waals surface area contributed by atoms with E-state index in [0.717, 1.165) is 5.56 Å². The molecular formula is C14H17N3O3. The smallest absolute Gasteiger partial charge is 0.203 e. The van der Waals surface area contributed by atoms with Crippen molar-refractivity contribution in [2.24, 2.45) is 0 Å². The minimum absolute atomic E-state index is 0.534. The zero-order valence-electron chi connectivity index (χ0n) is 11.9. The van der Waals surface area contributed by atoms with E-state index in [9.17, 15) is 0 Å². The fraction of sp³-hybridized carbons (Fsp3) is 0.286. The number of aromatic nitrogens is 2. The molecule has 0 atom stereocenters. The number of hydrogen-bond acceptors (Lipinski definition) is 6. The van der Waals surface area contributed by atoms with Crippen molar-refractivity contribution in [3.8, 4) is 28.5 Å². The van der Waals surface area contributed by atoms with Gasteiger partial charge in [-0.2, -0.15) is 0 Å². The van der Waals surface area contributed by atoms with Crippen molar-refractivity contribution >= 4 is 5.82 Å². The molecule has 6 nitrogen and oxygen atoms in total. The number of nitrogens with one attached hydrogen (secondary N) is 1. The van der Waals surface area contributed by atoms with Crippen LogP contribution in [0.25, 0.3) is 11.3 Å². The van der Waals surface area contributed by atoms with Gasteiger partial charge in [-0.15, -0.1) is 10.2 Å². The fourth-order valence-corrected chi connectivity index (χ4v) is 1.91. The van der Waals surface area contributed by atoms with Crippen LogP contribution in [0.15, 0.2) is 24.3 Å². The van der Waals surface area contributed by atoms with Crippen molar-refractivity contribution in [3.63, 3.8) is 0 Å². The third kappa shape index (κ3) is 2.45. The molecule has 0 bridgehead atoms. The lowest BCUT2D eigenvalue weighted by atomic mass is 10.1. The monoisotopic (exact) mass is 275 g/mol. The van der Waals surface area contributed by atoms with Crippen molar-refractivity contribution in [2.45, 2.75) is 0 Å². The maximum atomic E-state index is 5.43. The number of anilines is 1. The second-order valence-corrected chi connectivity index (χ2v) is 3.94. The van der Waals surface area contributed by atoms with E-state index in [1.54, 1.807) is 28.4 Å². The third-order valence-electron chi connectivity index (χ3n) is 2.90. The molecule has 0 aliphatic rings. The van der Waals surface area contributed by atoms with E-state index in [4.69, 9.17) is 14.2 Å². The molecule has 20 heavy (non-hydrogen) atoms. The summed E-state index contributed by atoms with van der Waals surface area (Å²) in [5.41, 5.74) is 1.49. The predicted octanol–water partition coefficient (Wildman–Crippen LogP) is 2.21. The lowest BCUT2D eigenvalue weighted by Crippen LogP contribution is -1.99. The summed E-state index contributed by atoms with van der Waals surface area (Å²) in [4.78, 5) is 0. The molecule has 1 N–H and O–H groups in total. The van der Waals surface area contributed by atoms with Crippen LogP contribution in [0.2, 0.25) is 0 Å². The highest BCUT2D eigenvalue weighted by Crippen LogP contribution is 2.43. The van der Waals surface area contributed by atoms with Crippen molar-refractivity contribution < 1.29 is 14.2 Å². The van der Waals surface area contributed by atoms with Gasteiger partial charge in [0.15, 0.2) is 11.5 Å². The maximum Gasteiger partial charge on any atom is 0.203 e. The highest BCUT2D eigenvalue weighted by Gasteiger charge is 2.17. The summed E-state index contributed by atoms with van der Waals surface area (Å²) in [6.45, 7) is 0. The second-order valence-electron chi connectivity index (χ2n) is 3.94. The van der Waals surface area contributed by atoms with E-state index < -0.39 is 0 Å². The number of hydrogen-bond donors (Lipinski definition) is 1. The molecule has 106 valence electrons. The average Bonchev–Trinajstić information content (AvgIpc) is 2.53. The van der Waals surface area contributed by atoms with E-state index in [1.807, 2.05) is 24.3 Å². The van der Waals surface area contributed by atoms with Gasteiger partial charge >= 0.3 is 0 Å². The molecule has 0 saturated carbocycles. The Morgan fingerprint density at radius 2 is 1.60 bits per heavy atom. The standard InChI is InChI=1S/C14H17N3O3/c1-15-12-8-6-10(16-17-12)9-5-7-11(18-2)14(20-4)13(9)19-3/h5-8H,1-4H3,(H,15,17). The zero-order valence-corrected chi connectivity index (χ0v) is 11.9. The van der Waals surface area contributed by atoms with Gasteiger partial charge in [0.1, 0.15) is 5.82 Å². The average molecular weight is 275 g/mol. The van der Waals surface area contributed by atoms with E-state index >= 15 is 0 Å². The Bertz CT molecular complexity index is 585. The van der Waals surface area contributed by atoms with Crippen molar-refractivity contribution in [1.82, 2.24) is 10.2 Å². The second kappa shape index (κ2) is 6.10. The summed E-state index contributed by atoms with van der Waals surface area (Å²) >= 11 is 0. The molecule has 0 saturated heterocycles. The molecule has 1 aromatic heterocycles. The van der Waals surface area contributed by atoms with Crippen molar-refractivity contribution in [1.29, 1.82) is 0 Å². The van der Waals surface area contributed by atoms with Gasteiger partial charge in [0, 0.05) is 12.6 Å². The summed E-state index contributed by atoms with van der Waals surface area (Å²) in [5.74, 6) is 2.41. The van der Waals surface area contributed by atoms with Crippen LogP contribution in [-0.4, -0.2) is 38.6 Å². The van der Waals surface area contributed by atoms with Crippen LogP contribution < -0.4 is 19.5 Å². The van der Waals surface area contributed by atoms with Crippen LogP contribution in [0.5, 0.6) is 17.2 Å². The van der Waals surface area contributed by atoms with Gasteiger partial charge in [0.2, 0.25) is 5.75 Å². The summed E-state index contributed by atoms with van der Waals surface area (Å²) in [7, 11) is 6.52. The van der Waals surface area contributed by atoms with Crippen LogP contribution >= 0.6 is 0 Å². The first-order chi connectivity index (χ1) is 9.74. The molecule has 0 radical (unpaired) electrons. The molecule has 6 heteroatoms. The molecule has 1 heterocycles. The molecule has 0 spiro atoms. The number of nitrogens with zero attached hydrogens (tertiary/aromatic N) is 2. The van der Waals surface area contributed by atoms with Crippen LogP contribution in [0.3, 0.4) is 0 Å². The van der Waals surface area contributed by atoms with Gasteiger partial charge in [-0.05, 0) is 24.3 Å². The third-order valence-corrected chi connectivity index (χ3v) is 2.90. The number of benzene rings is 1. The van der Waals surface area contributed by atoms with E-state index in [1.165, 1.54) is 0 Å². The Morgan fingerprint density at radius 3 is 2.10 bits per heavy atom. The zero-order chi connectivity index (χ0) is 14.5. The molecular weight excluding hydrogens is 258 g/mol. The summed E-state index contributed by atoms with van der Waals surface area (Å²) in [6, 6.07) is 7.38. The first-order valence-corrected chi connectivity index (χ1v) is 6.06. The van der Waals surface area contributed by atoms with Crippen molar-refractivity contribution in [3.05, 3.63) is 24.3 Å². The molecule has 0 aliphatic heterocycles. The van der Waals surface area contributed by atoms with Crippen LogP contribution in [0.1, 0.15) is 0 Å². The molecule has 2 rings (SSSR count). The van der Waals surface area contributed by atoms with Crippen LogP contribution in [0.4, 0.5) is 5.82 Å². The predicted molar refractivity (Wildman–Crippen MR) is 76.7 cm³/mol. The van der Waals surface area contributed by atoms with Gasteiger partial charge in [-0.25, -0.2) is 0 Å². The molecule has 0 aliphatic carbocycles. The fourth-order valence-electron chi connectivity index (χ4n) is 1.91. The molecule has 2 aromatic rings. The summed E-state index contributed by atoms with van der Waals surface area (Å²) in [5, 5.41) is 11.2. The summed E-state index contributed by atoms with van der Waals surface area (Å²) in [6.07, 6.45) is 0. The molecule has 0 amide bonds. The van der Waals surface area contributed by atoms with Gasteiger partial charge in [-0.1, -0.05) is 0 Å². The Balaban J connectivity index is 2.55. The highest BCUT2D eigenvalue weighted by molar-refractivity contribution is 5.74. The lowest BCUT2D eigenvalue weighted by Gasteiger charge is -2.15. The molecule has 0 fully saturated rings. The first kappa shape index (κ1) is 13.9. The van der Waals surface area contributed by atoms with Crippen LogP contribution in [-0.2, 0) is 0 Å². The number of methoxy groups -OCH3 is 3. The molecule has 1 aromatic carbocycles. The van der Waals surface area contributed by atoms with Gasteiger partial charge in [-0.3, -0.25) is 0 Å². The lowest BCUT2D eigenvalue weighted by molar-refractivity contribution is 0.325. The van der Waals surface area contributed by atoms with E-state index in [2.05, 4.69) is 15.5 Å². The largest absolute Gasteiger partial charge is 0.493 e. The Kier molecular flexibility index (Phi) is 4.24. The number of ether oxygens (including phenoxy) is 3. The normalized spacial score (nSPS) is 10.0. The summed E-state index contributed by atoms with van der Waals surface area (Å²) < 4.78 is 16.0. The number of rotatable bonds is 5. The Hall–Kier alpha value is -2.50. The Morgan fingerprint density at radius 1 is 0.850 bits per heavy atom. The minimum atomic E-state index is 0.534.